The molecule has 0 aromatic rings. The van der Waals surface area contributed by atoms with Gasteiger partial charge in [0.15, 0.2) is 5.79 Å². The molecule has 2 nitrogen and oxygen atoms in total. The lowest BCUT2D eigenvalue weighted by Gasteiger charge is -2.31. The van der Waals surface area contributed by atoms with E-state index < -0.39 is 0 Å². The number of hydrogen-bond donors (Lipinski definition) is 0. The molecule has 0 radical (unpaired) electrons. The Balaban J connectivity index is 2.07. The molecule has 70 valence electrons. The largest absolute Gasteiger partial charge is 0.344 e. The van der Waals surface area contributed by atoms with Crippen LogP contribution in [0, 0.1) is 0 Å². The average Bonchev–Trinajstić information content (AvgIpc) is 2.24. The molecule has 2 bridgehead atoms. The molecule has 0 N–H and O–H groups in total. The standard InChI is InChI=1S/C10H18O2/c1-3-6-10-7-4-5-9(12-10)8(2)11-10/h8-9H,3-7H2,1-2H3/t8-,9+,10-/m1/s1. The van der Waals surface area contributed by atoms with Crippen LogP contribution < -0.4 is 0 Å². The Morgan fingerprint density at radius 1 is 1.42 bits per heavy atom. The maximum absolute atomic E-state index is 5.92. The van der Waals surface area contributed by atoms with Gasteiger partial charge in [0.25, 0.3) is 0 Å². The molecular weight excluding hydrogens is 152 g/mol. The number of ether oxygens (including phenoxy) is 2. The molecule has 2 aliphatic rings. The average molecular weight is 170 g/mol. The topological polar surface area (TPSA) is 18.5 Å². The van der Waals surface area contributed by atoms with Crippen molar-refractivity contribution in [1.82, 2.24) is 0 Å². The van der Waals surface area contributed by atoms with Gasteiger partial charge in [0, 0.05) is 12.8 Å². The van der Waals surface area contributed by atoms with E-state index in [9.17, 15) is 0 Å². The molecule has 0 unspecified atom stereocenters. The van der Waals surface area contributed by atoms with E-state index in [2.05, 4.69) is 13.8 Å². The van der Waals surface area contributed by atoms with Crippen molar-refractivity contribution in [1.29, 1.82) is 0 Å². The molecule has 2 saturated heterocycles. The summed E-state index contributed by atoms with van der Waals surface area (Å²) in [5.41, 5.74) is 0. The fraction of sp³-hybridized carbons (Fsp3) is 1.00. The zero-order valence-electron chi connectivity index (χ0n) is 8.01. The van der Waals surface area contributed by atoms with Gasteiger partial charge in [0.1, 0.15) is 0 Å². The van der Waals surface area contributed by atoms with Crippen molar-refractivity contribution >= 4 is 0 Å². The van der Waals surface area contributed by atoms with Gasteiger partial charge in [-0.25, -0.2) is 0 Å². The summed E-state index contributed by atoms with van der Waals surface area (Å²) in [6.45, 7) is 4.32. The molecule has 12 heavy (non-hydrogen) atoms. The molecule has 3 atom stereocenters. The van der Waals surface area contributed by atoms with E-state index in [0.717, 1.165) is 19.3 Å². The second-order valence-electron chi connectivity index (χ2n) is 4.03. The summed E-state index contributed by atoms with van der Waals surface area (Å²) in [6.07, 6.45) is 6.47. The van der Waals surface area contributed by atoms with Crippen molar-refractivity contribution in [2.45, 2.75) is 63.9 Å². The minimum absolute atomic E-state index is 0.183. The van der Waals surface area contributed by atoms with Crippen LogP contribution in [0.5, 0.6) is 0 Å². The molecular formula is C10H18O2. The van der Waals surface area contributed by atoms with Gasteiger partial charge in [0.05, 0.1) is 12.2 Å². The maximum Gasteiger partial charge on any atom is 0.169 e. The van der Waals surface area contributed by atoms with Crippen LogP contribution in [0.15, 0.2) is 0 Å². The molecule has 2 rings (SSSR count). The molecule has 2 heterocycles. The van der Waals surface area contributed by atoms with Gasteiger partial charge in [-0.1, -0.05) is 13.3 Å². The van der Waals surface area contributed by atoms with Gasteiger partial charge in [-0.05, 0) is 19.8 Å². The number of fused-ring (bicyclic) bond motifs is 2. The molecule has 0 amide bonds. The Bertz CT molecular complexity index is 161. The van der Waals surface area contributed by atoms with Gasteiger partial charge in [-0.15, -0.1) is 0 Å². The lowest BCUT2D eigenvalue weighted by molar-refractivity contribution is -0.196. The Kier molecular flexibility index (Phi) is 2.13. The Morgan fingerprint density at radius 3 is 3.00 bits per heavy atom. The van der Waals surface area contributed by atoms with E-state index in [1.807, 2.05) is 0 Å². The van der Waals surface area contributed by atoms with Gasteiger partial charge in [0.2, 0.25) is 0 Å². The van der Waals surface area contributed by atoms with Gasteiger partial charge in [-0.2, -0.15) is 0 Å². The molecule has 2 fully saturated rings. The normalized spacial score (nSPS) is 46.5. The minimum Gasteiger partial charge on any atom is -0.344 e. The maximum atomic E-state index is 5.92. The van der Waals surface area contributed by atoms with Crippen LogP contribution in [0.3, 0.4) is 0 Å². The lowest BCUT2D eigenvalue weighted by atomic mass is 9.99. The summed E-state index contributed by atoms with van der Waals surface area (Å²) in [5.74, 6) is -0.183. The van der Waals surface area contributed by atoms with Crippen molar-refractivity contribution in [2.75, 3.05) is 0 Å². The van der Waals surface area contributed by atoms with Gasteiger partial charge in [-0.3, -0.25) is 0 Å². The SMILES string of the molecule is CCC[C@]12CCC[C@H](O1)[C@@H](C)O2. The molecule has 2 heteroatoms. The molecule has 0 aromatic heterocycles. The zero-order chi connectivity index (χ0) is 8.60. The predicted octanol–water partition coefficient (Wildman–Crippen LogP) is 2.47. The van der Waals surface area contributed by atoms with Gasteiger partial charge >= 0.3 is 0 Å². The van der Waals surface area contributed by atoms with Crippen molar-refractivity contribution in [2.24, 2.45) is 0 Å². The van der Waals surface area contributed by atoms with Crippen LogP contribution in [0.2, 0.25) is 0 Å². The molecule has 0 aliphatic carbocycles. The first-order valence-electron chi connectivity index (χ1n) is 5.11. The van der Waals surface area contributed by atoms with E-state index in [1.165, 1.54) is 12.8 Å². The van der Waals surface area contributed by atoms with E-state index in [4.69, 9.17) is 9.47 Å². The van der Waals surface area contributed by atoms with Crippen molar-refractivity contribution in [3.05, 3.63) is 0 Å². The third-order valence-corrected chi connectivity index (χ3v) is 2.97. The fourth-order valence-corrected chi connectivity index (χ4v) is 2.42. The fourth-order valence-electron chi connectivity index (χ4n) is 2.42. The Labute approximate surface area is 74.2 Å². The Hall–Kier alpha value is -0.0800. The molecule has 0 saturated carbocycles. The van der Waals surface area contributed by atoms with Gasteiger partial charge < -0.3 is 9.47 Å². The van der Waals surface area contributed by atoms with Crippen LogP contribution in [-0.4, -0.2) is 18.0 Å². The van der Waals surface area contributed by atoms with E-state index in [1.54, 1.807) is 0 Å². The molecule has 2 aliphatic heterocycles. The Morgan fingerprint density at radius 2 is 2.25 bits per heavy atom. The summed E-state index contributed by atoms with van der Waals surface area (Å²) in [4.78, 5) is 0. The second kappa shape index (κ2) is 3.00. The van der Waals surface area contributed by atoms with E-state index >= 15 is 0 Å². The predicted molar refractivity (Wildman–Crippen MR) is 46.9 cm³/mol. The van der Waals surface area contributed by atoms with Crippen molar-refractivity contribution < 1.29 is 9.47 Å². The third kappa shape index (κ3) is 1.27. The smallest absolute Gasteiger partial charge is 0.169 e. The summed E-state index contributed by atoms with van der Waals surface area (Å²) in [6, 6.07) is 0. The highest BCUT2D eigenvalue weighted by Crippen LogP contribution is 2.42. The highest BCUT2D eigenvalue weighted by molar-refractivity contribution is 4.88. The van der Waals surface area contributed by atoms with Crippen LogP contribution in [0.1, 0.15) is 46.0 Å². The monoisotopic (exact) mass is 170 g/mol. The van der Waals surface area contributed by atoms with Crippen LogP contribution in [-0.2, 0) is 9.47 Å². The highest BCUT2D eigenvalue weighted by atomic mass is 16.8. The summed E-state index contributed by atoms with van der Waals surface area (Å²) in [7, 11) is 0. The van der Waals surface area contributed by atoms with E-state index in [-0.39, 0.29) is 5.79 Å². The van der Waals surface area contributed by atoms with Crippen molar-refractivity contribution in [3.63, 3.8) is 0 Å². The quantitative estimate of drug-likeness (QED) is 0.634. The summed E-state index contributed by atoms with van der Waals surface area (Å²) in [5, 5.41) is 0. The first-order valence-corrected chi connectivity index (χ1v) is 5.11. The number of hydrogen-bond acceptors (Lipinski definition) is 2. The lowest BCUT2D eigenvalue weighted by Crippen LogP contribution is -2.33. The summed E-state index contributed by atoms with van der Waals surface area (Å²) >= 11 is 0. The highest BCUT2D eigenvalue weighted by Gasteiger charge is 2.47. The van der Waals surface area contributed by atoms with Crippen molar-refractivity contribution in [3.8, 4) is 0 Å². The summed E-state index contributed by atoms with van der Waals surface area (Å²) < 4.78 is 11.8. The van der Waals surface area contributed by atoms with Crippen LogP contribution in [0.25, 0.3) is 0 Å². The first kappa shape index (κ1) is 8.52. The molecule has 0 aromatic carbocycles. The minimum atomic E-state index is -0.183. The third-order valence-electron chi connectivity index (χ3n) is 2.97. The molecule has 0 spiro atoms. The van der Waals surface area contributed by atoms with Crippen LogP contribution in [0.4, 0.5) is 0 Å². The van der Waals surface area contributed by atoms with E-state index in [0.29, 0.717) is 12.2 Å². The second-order valence-corrected chi connectivity index (χ2v) is 4.03. The number of rotatable bonds is 2. The van der Waals surface area contributed by atoms with Crippen LogP contribution >= 0.6 is 0 Å². The zero-order valence-corrected chi connectivity index (χ0v) is 8.01. The first-order chi connectivity index (χ1) is 5.76.